The van der Waals surface area contributed by atoms with Gasteiger partial charge in [-0.3, -0.25) is 9.59 Å². The van der Waals surface area contributed by atoms with Crippen LogP contribution in [0.5, 0.6) is 0 Å². The molecule has 0 aliphatic carbocycles. The van der Waals surface area contributed by atoms with Crippen LogP contribution in [0.4, 0.5) is 4.39 Å². The van der Waals surface area contributed by atoms with Gasteiger partial charge in [0.05, 0.1) is 6.54 Å². The van der Waals surface area contributed by atoms with Crippen molar-refractivity contribution < 1.29 is 18.4 Å². The molecule has 0 bridgehead atoms. The van der Waals surface area contributed by atoms with Crippen molar-refractivity contribution in [2.24, 2.45) is 0 Å². The summed E-state index contributed by atoms with van der Waals surface area (Å²) in [4.78, 5) is 34.8. The number of hydrogen-bond acceptors (Lipinski definition) is 5. The van der Waals surface area contributed by atoms with Crippen molar-refractivity contribution in [1.29, 1.82) is 0 Å². The lowest BCUT2D eigenvalue weighted by atomic mass is 10.2. The quantitative estimate of drug-likeness (QED) is 0.756. The second-order valence-corrected chi connectivity index (χ2v) is 4.96. The minimum Gasteiger partial charge on any atom is -0.388 e. The summed E-state index contributed by atoms with van der Waals surface area (Å²) in [5.41, 5.74) is 0.409. The molecular weight excluding hydrogens is 319 g/mol. The zero-order valence-corrected chi connectivity index (χ0v) is 13.0. The van der Waals surface area contributed by atoms with Crippen LogP contribution in [0.15, 0.2) is 33.5 Å². The second kappa shape index (κ2) is 8.04. The summed E-state index contributed by atoms with van der Waals surface area (Å²) in [5.74, 6) is -2.14. The lowest BCUT2D eigenvalue weighted by molar-refractivity contribution is -0.126. The van der Waals surface area contributed by atoms with Gasteiger partial charge in [-0.2, -0.15) is 4.68 Å². The molecule has 0 aliphatic rings. The Balaban J connectivity index is 1.95. The highest BCUT2D eigenvalue weighted by molar-refractivity contribution is 5.84. The molecule has 0 unspecified atom stereocenters. The van der Waals surface area contributed by atoms with Crippen molar-refractivity contribution in [3.8, 4) is 11.5 Å². The summed E-state index contributed by atoms with van der Waals surface area (Å²) in [5, 5.41) is 8.87. The van der Waals surface area contributed by atoms with E-state index >= 15 is 0 Å². The fraction of sp³-hybridized carbons (Fsp3) is 0.333. The second-order valence-electron chi connectivity index (χ2n) is 4.96. The minimum atomic E-state index is -0.820. The SMILES string of the molecule is CCCNC(=O)CNC(=O)Cn1nc(-c2ccc(F)cc2)oc1=O. The van der Waals surface area contributed by atoms with Gasteiger partial charge in [0.25, 0.3) is 0 Å². The third kappa shape index (κ3) is 4.77. The molecule has 2 N–H and O–H groups in total. The highest BCUT2D eigenvalue weighted by atomic mass is 19.1. The molecule has 1 heterocycles. The van der Waals surface area contributed by atoms with E-state index in [0.29, 0.717) is 12.1 Å². The van der Waals surface area contributed by atoms with Crippen molar-refractivity contribution in [3.63, 3.8) is 0 Å². The Morgan fingerprint density at radius 3 is 2.58 bits per heavy atom. The van der Waals surface area contributed by atoms with E-state index in [9.17, 15) is 18.8 Å². The predicted octanol–water partition coefficient (Wildman–Crippen LogP) is 0.285. The number of aromatic nitrogens is 2. The van der Waals surface area contributed by atoms with E-state index in [0.717, 1.165) is 11.1 Å². The third-order valence-corrected chi connectivity index (χ3v) is 3.01. The molecule has 0 aliphatic heterocycles. The summed E-state index contributed by atoms with van der Waals surface area (Å²) < 4.78 is 18.6. The molecule has 128 valence electrons. The molecule has 0 radical (unpaired) electrons. The molecule has 1 aromatic carbocycles. The Morgan fingerprint density at radius 2 is 1.92 bits per heavy atom. The van der Waals surface area contributed by atoms with Crippen LogP contribution in [0.25, 0.3) is 11.5 Å². The van der Waals surface area contributed by atoms with Crippen molar-refractivity contribution in [2.75, 3.05) is 13.1 Å². The first-order valence-corrected chi connectivity index (χ1v) is 7.37. The van der Waals surface area contributed by atoms with Gasteiger partial charge in [0.2, 0.25) is 17.7 Å². The average Bonchev–Trinajstić information content (AvgIpc) is 2.92. The smallest absolute Gasteiger partial charge is 0.388 e. The number of nitrogens with zero attached hydrogens (tertiary/aromatic N) is 2. The van der Waals surface area contributed by atoms with Crippen LogP contribution in [-0.2, 0) is 16.1 Å². The first-order chi connectivity index (χ1) is 11.5. The normalized spacial score (nSPS) is 10.4. The maximum Gasteiger partial charge on any atom is 0.437 e. The van der Waals surface area contributed by atoms with Gasteiger partial charge in [0.15, 0.2) is 0 Å². The zero-order valence-electron chi connectivity index (χ0n) is 13.0. The van der Waals surface area contributed by atoms with Crippen LogP contribution in [0, 0.1) is 5.82 Å². The molecule has 2 rings (SSSR count). The van der Waals surface area contributed by atoms with Gasteiger partial charge in [0.1, 0.15) is 12.4 Å². The first kappa shape index (κ1) is 17.4. The third-order valence-electron chi connectivity index (χ3n) is 3.01. The van der Waals surface area contributed by atoms with E-state index in [-0.39, 0.29) is 24.9 Å². The largest absolute Gasteiger partial charge is 0.437 e. The van der Waals surface area contributed by atoms with E-state index in [2.05, 4.69) is 15.7 Å². The maximum atomic E-state index is 12.9. The number of rotatable bonds is 7. The summed E-state index contributed by atoms with van der Waals surface area (Å²) in [6.45, 7) is 1.87. The monoisotopic (exact) mass is 336 g/mol. The molecule has 2 amide bonds. The Morgan fingerprint density at radius 1 is 1.21 bits per heavy atom. The fourth-order valence-electron chi connectivity index (χ4n) is 1.81. The molecule has 0 atom stereocenters. The lowest BCUT2D eigenvalue weighted by Crippen LogP contribution is -2.39. The Kier molecular flexibility index (Phi) is 5.83. The molecule has 0 fully saturated rings. The Labute approximate surface area is 136 Å². The van der Waals surface area contributed by atoms with E-state index in [4.69, 9.17) is 4.42 Å². The zero-order chi connectivity index (χ0) is 17.5. The molecule has 0 saturated carbocycles. The van der Waals surface area contributed by atoms with Crippen LogP contribution in [-0.4, -0.2) is 34.7 Å². The standard InChI is InChI=1S/C15H17FN4O4/c1-2-7-17-12(21)8-18-13(22)9-20-15(23)24-14(19-20)10-3-5-11(16)6-4-10/h3-6H,2,7-9H2,1H3,(H,17,21)(H,18,22). The predicted molar refractivity (Wildman–Crippen MR) is 82.5 cm³/mol. The van der Waals surface area contributed by atoms with Crippen LogP contribution >= 0.6 is 0 Å². The fourth-order valence-corrected chi connectivity index (χ4v) is 1.81. The highest BCUT2D eigenvalue weighted by Gasteiger charge is 2.13. The number of carbonyl (C=O) groups is 2. The molecule has 0 saturated heterocycles. The van der Waals surface area contributed by atoms with Gasteiger partial charge >= 0.3 is 5.76 Å². The van der Waals surface area contributed by atoms with Crippen molar-refractivity contribution in [2.45, 2.75) is 19.9 Å². The number of carbonyl (C=O) groups excluding carboxylic acids is 2. The van der Waals surface area contributed by atoms with Gasteiger partial charge in [-0.1, -0.05) is 6.92 Å². The summed E-state index contributed by atoms with van der Waals surface area (Å²) >= 11 is 0. The summed E-state index contributed by atoms with van der Waals surface area (Å²) in [6, 6.07) is 5.22. The highest BCUT2D eigenvalue weighted by Crippen LogP contribution is 2.15. The van der Waals surface area contributed by atoms with Crippen LogP contribution in [0.1, 0.15) is 13.3 Å². The number of hydrogen-bond donors (Lipinski definition) is 2. The van der Waals surface area contributed by atoms with Gasteiger partial charge < -0.3 is 15.1 Å². The Hall–Kier alpha value is -2.97. The van der Waals surface area contributed by atoms with Crippen molar-refractivity contribution in [3.05, 3.63) is 40.6 Å². The van der Waals surface area contributed by atoms with Gasteiger partial charge in [-0.15, -0.1) is 5.10 Å². The number of nitrogens with one attached hydrogen (secondary N) is 2. The van der Waals surface area contributed by atoms with Gasteiger partial charge in [0, 0.05) is 12.1 Å². The van der Waals surface area contributed by atoms with Crippen molar-refractivity contribution >= 4 is 11.8 Å². The number of amides is 2. The molecule has 9 heteroatoms. The molecule has 2 aromatic rings. The summed E-state index contributed by atoms with van der Waals surface area (Å²) in [6.07, 6.45) is 0.792. The maximum absolute atomic E-state index is 12.9. The molecular formula is C15H17FN4O4. The van der Waals surface area contributed by atoms with Gasteiger partial charge in [-0.25, -0.2) is 9.18 Å². The van der Waals surface area contributed by atoms with Gasteiger partial charge in [-0.05, 0) is 30.7 Å². The van der Waals surface area contributed by atoms with Crippen molar-refractivity contribution in [1.82, 2.24) is 20.4 Å². The first-order valence-electron chi connectivity index (χ1n) is 7.37. The number of benzene rings is 1. The van der Waals surface area contributed by atoms with Crippen LogP contribution < -0.4 is 16.4 Å². The molecule has 8 nitrogen and oxygen atoms in total. The van der Waals surface area contributed by atoms with E-state index in [1.54, 1.807) is 0 Å². The topological polar surface area (TPSA) is 106 Å². The Bertz CT molecular complexity index is 767. The van der Waals surface area contributed by atoms with Crippen LogP contribution in [0.2, 0.25) is 0 Å². The minimum absolute atomic E-state index is 0.0199. The average molecular weight is 336 g/mol. The molecule has 1 aromatic heterocycles. The summed E-state index contributed by atoms with van der Waals surface area (Å²) in [7, 11) is 0. The van der Waals surface area contributed by atoms with E-state index in [1.165, 1.54) is 24.3 Å². The van der Waals surface area contributed by atoms with E-state index < -0.39 is 17.5 Å². The lowest BCUT2D eigenvalue weighted by Gasteiger charge is -2.05. The number of halogens is 1. The van der Waals surface area contributed by atoms with E-state index in [1.807, 2.05) is 6.92 Å². The van der Waals surface area contributed by atoms with Crippen LogP contribution in [0.3, 0.4) is 0 Å². The molecule has 0 spiro atoms. The molecule has 24 heavy (non-hydrogen) atoms.